The zero-order valence-electron chi connectivity index (χ0n) is 11.3. The Morgan fingerprint density at radius 2 is 2.16 bits per heavy atom. The Hall–Kier alpha value is -0.430. The fourth-order valence-electron chi connectivity index (χ4n) is 2.34. The Morgan fingerprint density at radius 1 is 1.42 bits per heavy atom. The van der Waals surface area contributed by atoms with Gasteiger partial charge in [-0.05, 0) is 61.2 Å². The van der Waals surface area contributed by atoms with Crippen molar-refractivity contribution in [1.29, 1.82) is 0 Å². The van der Waals surface area contributed by atoms with Gasteiger partial charge in [-0.25, -0.2) is 13.1 Å². The summed E-state index contributed by atoms with van der Waals surface area (Å²) in [5.74, 6) is 0.657. The van der Waals surface area contributed by atoms with Crippen LogP contribution in [0.25, 0.3) is 0 Å². The standard InChI is InChI=1S/C13H22N2O2S2/c1-2-19(16,17)14-9-12-3-6-15(7-4-12)10-13-5-8-18-11-13/h5,8,11-12,14H,2-4,6-7,9-10H2,1H3. The second-order valence-electron chi connectivity index (χ2n) is 5.10. The second-order valence-corrected chi connectivity index (χ2v) is 7.98. The molecule has 1 aliphatic heterocycles. The molecular weight excluding hydrogens is 280 g/mol. The molecule has 2 heterocycles. The van der Waals surface area contributed by atoms with Crippen LogP contribution >= 0.6 is 11.3 Å². The van der Waals surface area contributed by atoms with Crippen LogP contribution in [0.5, 0.6) is 0 Å². The van der Waals surface area contributed by atoms with Crippen molar-refractivity contribution in [2.24, 2.45) is 5.92 Å². The van der Waals surface area contributed by atoms with E-state index in [2.05, 4.69) is 26.4 Å². The van der Waals surface area contributed by atoms with Gasteiger partial charge in [0.05, 0.1) is 5.75 Å². The maximum absolute atomic E-state index is 11.4. The molecule has 1 aromatic rings. The summed E-state index contributed by atoms with van der Waals surface area (Å²) in [6, 6.07) is 2.17. The van der Waals surface area contributed by atoms with Crippen molar-refractivity contribution in [1.82, 2.24) is 9.62 Å². The predicted molar refractivity (Wildman–Crippen MR) is 79.8 cm³/mol. The normalized spacial score (nSPS) is 18.8. The summed E-state index contributed by atoms with van der Waals surface area (Å²) < 4.78 is 25.5. The minimum absolute atomic E-state index is 0.171. The number of hydrogen-bond donors (Lipinski definition) is 1. The number of nitrogens with one attached hydrogen (secondary N) is 1. The second kappa shape index (κ2) is 6.83. The Balaban J connectivity index is 1.70. The fraction of sp³-hybridized carbons (Fsp3) is 0.692. The van der Waals surface area contributed by atoms with Gasteiger partial charge in [-0.15, -0.1) is 0 Å². The van der Waals surface area contributed by atoms with Crippen molar-refractivity contribution in [2.45, 2.75) is 26.3 Å². The lowest BCUT2D eigenvalue weighted by atomic mass is 9.97. The summed E-state index contributed by atoms with van der Waals surface area (Å²) in [5, 5.41) is 4.31. The van der Waals surface area contributed by atoms with Gasteiger partial charge in [-0.3, -0.25) is 4.90 Å². The Morgan fingerprint density at radius 3 is 2.74 bits per heavy atom. The largest absolute Gasteiger partial charge is 0.299 e. The van der Waals surface area contributed by atoms with Crippen molar-refractivity contribution in [3.8, 4) is 0 Å². The number of hydrogen-bond acceptors (Lipinski definition) is 4. The SMILES string of the molecule is CCS(=O)(=O)NCC1CCN(Cc2ccsc2)CC1. The van der Waals surface area contributed by atoms with E-state index in [4.69, 9.17) is 0 Å². The topological polar surface area (TPSA) is 49.4 Å². The zero-order chi connectivity index (χ0) is 13.7. The molecule has 0 spiro atoms. The molecule has 19 heavy (non-hydrogen) atoms. The Labute approximate surface area is 119 Å². The number of likely N-dealkylation sites (tertiary alicyclic amines) is 1. The van der Waals surface area contributed by atoms with Gasteiger partial charge in [-0.2, -0.15) is 11.3 Å². The number of sulfonamides is 1. The van der Waals surface area contributed by atoms with Crippen LogP contribution in [-0.4, -0.2) is 38.7 Å². The summed E-state index contributed by atoms with van der Waals surface area (Å²) in [7, 11) is -3.04. The first-order chi connectivity index (χ1) is 9.09. The molecule has 1 fully saturated rings. The van der Waals surface area contributed by atoms with E-state index in [1.165, 1.54) is 5.56 Å². The van der Waals surface area contributed by atoms with E-state index in [9.17, 15) is 8.42 Å². The molecule has 0 radical (unpaired) electrons. The van der Waals surface area contributed by atoms with E-state index in [0.717, 1.165) is 32.5 Å². The third kappa shape index (κ3) is 4.87. The molecule has 1 N–H and O–H groups in total. The molecule has 0 atom stereocenters. The van der Waals surface area contributed by atoms with Crippen LogP contribution in [0.4, 0.5) is 0 Å². The summed E-state index contributed by atoms with van der Waals surface area (Å²) in [4.78, 5) is 2.45. The van der Waals surface area contributed by atoms with Crippen molar-refractivity contribution in [3.05, 3.63) is 22.4 Å². The zero-order valence-corrected chi connectivity index (χ0v) is 13.0. The Bertz CT molecular complexity index is 463. The van der Waals surface area contributed by atoms with Crippen LogP contribution in [0.3, 0.4) is 0 Å². The molecule has 4 nitrogen and oxygen atoms in total. The van der Waals surface area contributed by atoms with E-state index >= 15 is 0 Å². The van der Waals surface area contributed by atoms with Crippen LogP contribution < -0.4 is 4.72 Å². The number of nitrogens with zero attached hydrogens (tertiary/aromatic N) is 1. The minimum Gasteiger partial charge on any atom is -0.299 e. The molecule has 1 aliphatic rings. The fourth-order valence-corrected chi connectivity index (χ4v) is 3.69. The summed E-state index contributed by atoms with van der Waals surface area (Å²) >= 11 is 1.74. The molecule has 0 saturated carbocycles. The van der Waals surface area contributed by atoms with Crippen molar-refractivity contribution < 1.29 is 8.42 Å². The van der Waals surface area contributed by atoms with Crippen LogP contribution in [0.1, 0.15) is 25.3 Å². The van der Waals surface area contributed by atoms with Crippen LogP contribution in [0.2, 0.25) is 0 Å². The lowest BCUT2D eigenvalue weighted by molar-refractivity contribution is 0.179. The molecule has 2 rings (SSSR count). The molecule has 6 heteroatoms. The number of piperidine rings is 1. The highest BCUT2D eigenvalue weighted by atomic mass is 32.2. The van der Waals surface area contributed by atoms with Crippen molar-refractivity contribution in [2.75, 3.05) is 25.4 Å². The Kier molecular flexibility index (Phi) is 5.38. The number of rotatable bonds is 6. The van der Waals surface area contributed by atoms with Gasteiger partial charge >= 0.3 is 0 Å². The third-order valence-corrected chi connectivity index (χ3v) is 5.76. The molecule has 108 valence electrons. The van der Waals surface area contributed by atoms with E-state index in [1.54, 1.807) is 18.3 Å². The van der Waals surface area contributed by atoms with Gasteiger partial charge in [0.1, 0.15) is 0 Å². The van der Waals surface area contributed by atoms with Crippen molar-refractivity contribution in [3.63, 3.8) is 0 Å². The molecule has 0 aliphatic carbocycles. The van der Waals surface area contributed by atoms with Gasteiger partial charge < -0.3 is 0 Å². The van der Waals surface area contributed by atoms with Gasteiger partial charge in [0.2, 0.25) is 10.0 Å². The monoisotopic (exact) mass is 302 g/mol. The lowest BCUT2D eigenvalue weighted by Crippen LogP contribution is -2.38. The molecule has 1 aromatic heterocycles. The van der Waals surface area contributed by atoms with E-state index in [1.807, 2.05) is 0 Å². The van der Waals surface area contributed by atoms with E-state index in [-0.39, 0.29) is 5.75 Å². The van der Waals surface area contributed by atoms with Crippen molar-refractivity contribution >= 4 is 21.4 Å². The highest BCUT2D eigenvalue weighted by Gasteiger charge is 2.20. The lowest BCUT2D eigenvalue weighted by Gasteiger charge is -2.31. The van der Waals surface area contributed by atoms with Crippen LogP contribution in [0, 0.1) is 5.92 Å². The van der Waals surface area contributed by atoms with Crippen LogP contribution in [0.15, 0.2) is 16.8 Å². The van der Waals surface area contributed by atoms with Crippen LogP contribution in [-0.2, 0) is 16.6 Å². The quantitative estimate of drug-likeness (QED) is 0.873. The highest BCUT2D eigenvalue weighted by Crippen LogP contribution is 2.19. The smallest absolute Gasteiger partial charge is 0.211 e. The predicted octanol–water partition coefficient (Wildman–Crippen LogP) is 1.90. The van der Waals surface area contributed by atoms with Gasteiger partial charge in [0, 0.05) is 13.1 Å². The van der Waals surface area contributed by atoms with E-state index in [0.29, 0.717) is 12.5 Å². The summed E-state index contributed by atoms with van der Waals surface area (Å²) in [5.41, 5.74) is 1.38. The van der Waals surface area contributed by atoms with Gasteiger partial charge in [0.15, 0.2) is 0 Å². The summed E-state index contributed by atoms with van der Waals surface area (Å²) in [6.07, 6.45) is 2.16. The molecule has 0 bridgehead atoms. The maximum Gasteiger partial charge on any atom is 0.211 e. The molecule has 1 saturated heterocycles. The average molecular weight is 302 g/mol. The van der Waals surface area contributed by atoms with Gasteiger partial charge in [0.25, 0.3) is 0 Å². The van der Waals surface area contributed by atoms with Gasteiger partial charge in [-0.1, -0.05) is 0 Å². The first kappa shape index (κ1) is 15.0. The summed E-state index contributed by atoms with van der Waals surface area (Å²) in [6.45, 7) is 5.42. The molecule has 0 amide bonds. The number of thiophene rings is 1. The molecule has 0 aromatic carbocycles. The van der Waals surface area contributed by atoms with E-state index < -0.39 is 10.0 Å². The first-order valence-electron chi connectivity index (χ1n) is 6.80. The third-order valence-electron chi connectivity index (χ3n) is 3.67. The molecular formula is C13H22N2O2S2. The highest BCUT2D eigenvalue weighted by molar-refractivity contribution is 7.89. The maximum atomic E-state index is 11.4. The average Bonchev–Trinajstić information content (AvgIpc) is 2.91. The molecule has 0 unspecified atom stereocenters. The minimum atomic E-state index is -3.04. The first-order valence-corrected chi connectivity index (χ1v) is 9.39.